The number of nitrogens with one attached hydrogen (secondary N) is 1. The van der Waals surface area contributed by atoms with E-state index < -0.39 is 10.0 Å². The summed E-state index contributed by atoms with van der Waals surface area (Å²) in [5, 5.41) is 6.18. The van der Waals surface area contributed by atoms with E-state index in [0.29, 0.717) is 22.9 Å². The number of imidazole rings is 1. The monoisotopic (exact) mass is 444 g/mol. The van der Waals surface area contributed by atoms with Crippen molar-refractivity contribution in [1.29, 1.82) is 0 Å². The summed E-state index contributed by atoms with van der Waals surface area (Å²) in [6.45, 7) is 1.86. The molecule has 5 aromatic rings. The Morgan fingerprint density at radius 3 is 2.56 bits per heavy atom. The lowest BCUT2D eigenvalue weighted by Gasteiger charge is -2.12. The van der Waals surface area contributed by atoms with Crippen molar-refractivity contribution in [1.82, 2.24) is 14.6 Å². The van der Waals surface area contributed by atoms with E-state index in [1.165, 1.54) is 0 Å². The summed E-state index contributed by atoms with van der Waals surface area (Å²) < 4.78 is 35.7. The number of methoxy groups -OCH3 is 1. The summed E-state index contributed by atoms with van der Waals surface area (Å²) in [5.41, 5.74) is 3.42. The average Bonchev–Trinajstić information content (AvgIpc) is 3.23. The number of sulfonamides is 1. The van der Waals surface area contributed by atoms with Gasteiger partial charge < -0.3 is 4.74 Å². The Bertz CT molecular complexity index is 1580. The molecule has 0 spiro atoms. The second-order valence-electron chi connectivity index (χ2n) is 7.45. The molecule has 3 aromatic carbocycles. The van der Waals surface area contributed by atoms with E-state index in [9.17, 15) is 8.42 Å². The molecule has 0 saturated carbocycles. The molecule has 0 amide bonds. The van der Waals surface area contributed by atoms with E-state index in [0.717, 1.165) is 21.9 Å². The minimum Gasteiger partial charge on any atom is -0.480 e. The molecule has 5 rings (SSSR count). The molecular formula is C24H20N4O3S. The molecule has 2 heterocycles. The summed E-state index contributed by atoms with van der Waals surface area (Å²) in [4.78, 5) is 4.80. The van der Waals surface area contributed by atoms with Crippen LogP contribution in [0, 0.1) is 6.92 Å². The lowest BCUT2D eigenvalue weighted by Crippen LogP contribution is -2.13. The highest BCUT2D eigenvalue weighted by Gasteiger charge is 2.17. The molecule has 0 unspecified atom stereocenters. The Kier molecular flexibility index (Phi) is 4.79. The predicted octanol–water partition coefficient (Wildman–Crippen LogP) is 4.67. The standard InChI is InChI=1S/C24H20N4O3S/c1-16-7-8-19(22-15-28-23(25-22)11-12-24(26-28)31-2)14-21(16)27-32(29,30)20-10-9-17-5-3-4-6-18(17)13-20/h3-15,27H,1-2H3. The van der Waals surface area contributed by atoms with Crippen LogP contribution < -0.4 is 9.46 Å². The fourth-order valence-electron chi connectivity index (χ4n) is 3.54. The number of aryl methyl sites for hydroxylation is 1. The number of ether oxygens (including phenoxy) is 1. The van der Waals surface area contributed by atoms with Crippen LogP contribution in [0.25, 0.3) is 27.7 Å². The van der Waals surface area contributed by atoms with E-state index in [1.54, 1.807) is 42.1 Å². The minimum absolute atomic E-state index is 0.213. The van der Waals surface area contributed by atoms with Crippen LogP contribution in [0.2, 0.25) is 0 Å². The van der Waals surface area contributed by atoms with E-state index in [2.05, 4.69) is 14.8 Å². The molecule has 7 nitrogen and oxygen atoms in total. The lowest BCUT2D eigenvalue weighted by atomic mass is 10.1. The van der Waals surface area contributed by atoms with Gasteiger partial charge in [0.05, 0.1) is 29.6 Å². The van der Waals surface area contributed by atoms with E-state index in [1.807, 2.05) is 55.5 Å². The maximum Gasteiger partial charge on any atom is 0.261 e. The van der Waals surface area contributed by atoms with Gasteiger partial charge >= 0.3 is 0 Å². The van der Waals surface area contributed by atoms with Gasteiger partial charge in [-0.1, -0.05) is 42.5 Å². The number of hydrogen-bond acceptors (Lipinski definition) is 5. The predicted molar refractivity (Wildman–Crippen MR) is 124 cm³/mol. The zero-order valence-electron chi connectivity index (χ0n) is 17.5. The van der Waals surface area contributed by atoms with E-state index in [4.69, 9.17) is 4.74 Å². The number of aromatic nitrogens is 3. The molecule has 0 aliphatic carbocycles. The third-order valence-electron chi connectivity index (χ3n) is 5.31. The number of nitrogens with zero attached hydrogens (tertiary/aromatic N) is 3. The van der Waals surface area contributed by atoms with Crippen molar-refractivity contribution in [2.75, 3.05) is 11.8 Å². The molecular weight excluding hydrogens is 424 g/mol. The van der Waals surface area contributed by atoms with Crippen LogP contribution in [0.1, 0.15) is 5.56 Å². The van der Waals surface area contributed by atoms with Crippen molar-refractivity contribution in [3.8, 4) is 17.1 Å². The van der Waals surface area contributed by atoms with E-state index in [-0.39, 0.29) is 4.90 Å². The number of anilines is 1. The van der Waals surface area contributed by atoms with Gasteiger partial charge in [0, 0.05) is 11.6 Å². The molecule has 8 heteroatoms. The van der Waals surface area contributed by atoms with Crippen LogP contribution in [0.15, 0.2) is 83.9 Å². The van der Waals surface area contributed by atoms with Gasteiger partial charge in [-0.05, 0) is 47.5 Å². The van der Waals surface area contributed by atoms with Crippen molar-refractivity contribution in [3.63, 3.8) is 0 Å². The molecule has 0 saturated heterocycles. The third kappa shape index (κ3) is 3.65. The topological polar surface area (TPSA) is 85.6 Å². The fraction of sp³-hybridized carbons (Fsp3) is 0.0833. The van der Waals surface area contributed by atoms with Crippen molar-refractivity contribution >= 4 is 32.1 Å². The van der Waals surface area contributed by atoms with Gasteiger partial charge in [0.1, 0.15) is 0 Å². The van der Waals surface area contributed by atoms with Crippen LogP contribution in [-0.4, -0.2) is 30.1 Å². The Hall–Kier alpha value is -3.91. The highest BCUT2D eigenvalue weighted by atomic mass is 32.2. The molecule has 2 aromatic heterocycles. The quantitative estimate of drug-likeness (QED) is 0.426. The van der Waals surface area contributed by atoms with Gasteiger partial charge in [-0.15, -0.1) is 5.10 Å². The molecule has 0 radical (unpaired) electrons. The number of fused-ring (bicyclic) bond motifs is 2. The van der Waals surface area contributed by atoms with Gasteiger partial charge in [-0.2, -0.15) is 0 Å². The zero-order chi connectivity index (χ0) is 22.3. The van der Waals surface area contributed by atoms with Gasteiger partial charge in [0.25, 0.3) is 10.0 Å². The second kappa shape index (κ2) is 7.65. The summed E-state index contributed by atoms with van der Waals surface area (Å²) in [6, 6.07) is 21.9. The first-order chi connectivity index (χ1) is 15.4. The van der Waals surface area contributed by atoms with Crippen molar-refractivity contribution in [2.45, 2.75) is 11.8 Å². The van der Waals surface area contributed by atoms with Crippen molar-refractivity contribution in [3.05, 3.63) is 84.6 Å². The lowest BCUT2D eigenvalue weighted by molar-refractivity contribution is 0.390. The average molecular weight is 445 g/mol. The maximum absolute atomic E-state index is 13.1. The van der Waals surface area contributed by atoms with Gasteiger partial charge in [0.2, 0.25) is 5.88 Å². The molecule has 160 valence electrons. The Labute approximate surface area is 185 Å². The molecule has 0 aliphatic heterocycles. The summed E-state index contributed by atoms with van der Waals surface area (Å²) >= 11 is 0. The molecule has 0 aliphatic rings. The fourth-order valence-corrected chi connectivity index (χ4v) is 4.70. The second-order valence-corrected chi connectivity index (χ2v) is 9.13. The largest absolute Gasteiger partial charge is 0.480 e. The summed E-state index contributed by atoms with van der Waals surface area (Å²) in [6.07, 6.45) is 1.78. The Morgan fingerprint density at radius 1 is 0.938 bits per heavy atom. The highest BCUT2D eigenvalue weighted by molar-refractivity contribution is 7.92. The normalized spacial score (nSPS) is 11.7. The SMILES string of the molecule is COc1ccc2nc(-c3ccc(C)c(NS(=O)(=O)c4ccc5ccccc5c4)c3)cn2n1. The molecule has 0 atom stereocenters. The van der Waals surface area contributed by atoms with Crippen LogP contribution in [-0.2, 0) is 10.0 Å². The van der Waals surface area contributed by atoms with Crippen LogP contribution in [0.5, 0.6) is 5.88 Å². The molecule has 32 heavy (non-hydrogen) atoms. The minimum atomic E-state index is -3.76. The smallest absolute Gasteiger partial charge is 0.261 e. The maximum atomic E-state index is 13.1. The van der Waals surface area contributed by atoms with Crippen molar-refractivity contribution in [2.24, 2.45) is 0 Å². The van der Waals surface area contributed by atoms with Crippen LogP contribution in [0.4, 0.5) is 5.69 Å². The van der Waals surface area contributed by atoms with Gasteiger partial charge in [0.15, 0.2) is 5.65 Å². The Morgan fingerprint density at radius 2 is 1.75 bits per heavy atom. The van der Waals surface area contributed by atoms with Crippen LogP contribution in [0.3, 0.4) is 0 Å². The number of rotatable bonds is 5. The third-order valence-corrected chi connectivity index (χ3v) is 6.68. The molecule has 0 fully saturated rings. The first kappa shape index (κ1) is 20.0. The van der Waals surface area contributed by atoms with Gasteiger partial charge in [-0.3, -0.25) is 4.72 Å². The first-order valence-corrected chi connectivity index (χ1v) is 11.4. The van der Waals surface area contributed by atoms with Crippen LogP contribution >= 0.6 is 0 Å². The molecule has 0 bridgehead atoms. The summed E-state index contributed by atoms with van der Waals surface area (Å²) in [7, 11) is -2.21. The number of hydrogen-bond donors (Lipinski definition) is 1. The van der Waals surface area contributed by atoms with E-state index >= 15 is 0 Å². The summed E-state index contributed by atoms with van der Waals surface area (Å²) in [5.74, 6) is 0.481. The molecule has 1 N–H and O–H groups in total. The van der Waals surface area contributed by atoms with Gasteiger partial charge in [-0.25, -0.2) is 17.9 Å². The number of benzene rings is 3. The first-order valence-electron chi connectivity index (χ1n) is 9.96. The zero-order valence-corrected chi connectivity index (χ0v) is 18.3. The highest BCUT2D eigenvalue weighted by Crippen LogP contribution is 2.28. The Balaban J connectivity index is 1.50. The van der Waals surface area contributed by atoms with Crippen molar-refractivity contribution < 1.29 is 13.2 Å².